The van der Waals surface area contributed by atoms with Gasteiger partial charge in [-0.15, -0.1) is 0 Å². The fourth-order valence-corrected chi connectivity index (χ4v) is 1.04. The molecule has 0 aliphatic rings. The van der Waals surface area contributed by atoms with E-state index in [0.717, 1.165) is 12.5 Å². The molecule has 0 aromatic rings. The SMILES string of the molecule is C/C=C(/CCC(C)C)CNC. The average Bonchev–Trinajstić information content (AvgIpc) is 1.97. The third kappa shape index (κ3) is 6.11. The van der Waals surface area contributed by atoms with E-state index >= 15 is 0 Å². The van der Waals surface area contributed by atoms with E-state index in [4.69, 9.17) is 0 Å². The highest BCUT2D eigenvalue weighted by Gasteiger charge is 1.97. The Morgan fingerprint density at radius 1 is 1.45 bits per heavy atom. The van der Waals surface area contributed by atoms with E-state index in [2.05, 4.69) is 32.2 Å². The number of rotatable bonds is 5. The second kappa shape index (κ2) is 6.41. The molecule has 0 amide bonds. The Kier molecular flexibility index (Phi) is 6.24. The molecule has 0 radical (unpaired) electrons. The van der Waals surface area contributed by atoms with Crippen molar-refractivity contribution >= 4 is 0 Å². The Morgan fingerprint density at radius 2 is 2.09 bits per heavy atom. The molecule has 66 valence electrons. The summed E-state index contributed by atoms with van der Waals surface area (Å²) in [6.45, 7) is 7.70. The molecule has 1 heteroatoms. The minimum atomic E-state index is 0.821. The fraction of sp³-hybridized carbons (Fsp3) is 0.800. The second-order valence-corrected chi connectivity index (χ2v) is 3.41. The highest BCUT2D eigenvalue weighted by molar-refractivity contribution is 5.02. The molecule has 0 fully saturated rings. The van der Waals surface area contributed by atoms with Crippen LogP contribution in [0.2, 0.25) is 0 Å². The minimum Gasteiger partial charge on any atom is -0.316 e. The van der Waals surface area contributed by atoms with Gasteiger partial charge in [-0.3, -0.25) is 0 Å². The molecule has 0 heterocycles. The molecule has 0 unspecified atom stereocenters. The number of nitrogens with one attached hydrogen (secondary N) is 1. The summed E-state index contributed by atoms with van der Waals surface area (Å²) in [5.41, 5.74) is 1.53. The van der Waals surface area contributed by atoms with Crippen LogP contribution in [0.1, 0.15) is 33.6 Å². The van der Waals surface area contributed by atoms with Crippen LogP contribution in [0.3, 0.4) is 0 Å². The normalized spacial score (nSPS) is 12.6. The molecular weight excluding hydrogens is 134 g/mol. The van der Waals surface area contributed by atoms with Gasteiger partial charge in [0.2, 0.25) is 0 Å². The molecule has 0 aliphatic carbocycles. The van der Waals surface area contributed by atoms with Crippen LogP contribution >= 0.6 is 0 Å². The maximum Gasteiger partial charge on any atom is 0.0161 e. The van der Waals surface area contributed by atoms with Crippen LogP contribution in [0.15, 0.2) is 11.6 Å². The van der Waals surface area contributed by atoms with Crippen molar-refractivity contribution in [1.29, 1.82) is 0 Å². The lowest BCUT2D eigenvalue weighted by Gasteiger charge is -2.07. The van der Waals surface area contributed by atoms with E-state index in [1.54, 1.807) is 0 Å². The summed E-state index contributed by atoms with van der Waals surface area (Å²) in [6, 6.07) is 0. The van der Waals surface area contributed by atoms with Gasteiger partial charge >= 0.3 is 0 Å². The quantitative estimate of drug-likeness (QED) is 0.602. The number of hydrogen-bond donors (Lipinski definition) is 1. The van der Waals surface area contributed by atoms with Crippen LogP contribution in [0.5, 0.6) is 0 Å². The largest absolute Gasteiger partial charge is 0.316 e. The first-order valence-corrected chi connectivity index (χ1v) is 4.49. The van der Waals surface area contributed by atoms with E-state index in [1.165, 1.54) is 18.4 Å². The fourth-order valence-electron chi connectivity index (χ4n) is 1.04. The average molecular weight is 155 g/mol. The molecular formula is C10H21N. The molecule has 0 rings (SSSR count). The summed E-state index contributed by atoms with van der Waals surface area (Å²) >= 11 is 0. The van der Waals surface area contributed by atoms with E-state index < -0.39 is 0 Å². The molecule has 0 aromatic heterocycles. The van der Waals surface area contributed by atoms with Crippen molar-refractivity contribution in [2.24, 2.45) is 5.92 Å². The Hall–Kier alpha value is -0.300. The van der Waals surface area contributed by atoms with Gasteiger partial charge in [0, 0.05) is 6.54 Å². The molecule has 0 spiro atoms. The topological polar surface area (TPSA) is 12.0 Å². The van der Waals surface area contributed by atoms with Crippen LogP contribution in [0.25, 0.3) is 0 Å². The van der Waals surface area contributed by atoms with Crippen molar-refractivity contribution in [3.05, 3.63) is 11.6 Å². The first kappa shape index (κ1) is 10.7. The minimum absolute atomic E-state index is 0.821. The number of allylic oxidation sites excluding steroid dienone is 1. The van der Waals surface area contributed by atoms with Crippen LogP contribution in [0, 0.1) is 5.92 Å². The molecule has 1 N–H and O–H groups in total. The zero-order chi connectivity index (χ0) is 8.69. The van der Waals surface area contributed by atoms with Gasteiger partial charge in [-0.25, -0.2) is 0 Å². The van der Waals surface area contributed by atoms with Crippen molar-refractivity contribution < 1.29 is 0 Å². The summed E-state index contributed by atoms with van der Waals surface area (Å²) in [5, 5.41) is 3.17. The maximum atomic E-state index is 3.17. The monoisotopic (exact) mass is 155 g/mol. The van der Waals surface area contributed by atoms with Crippen LogP contribution < -0.4 is 5.32 Å². The number of likely N-dealkylation sites (N-methyl/N-ethyl adjacent to an activating group) is 1. The summed E-state index contributed by atoms with van der Waals surface area (Å²) < 4.78 is 0. The first-order chi connectivity index (χ1) is 5.20. The second-order valence-electron chi connectivity index (χ2n) is 3.41. The Bertz CT molecular complexity index is 114. The van der Waals surface area contributed by atoms with Crippen LogP contribution in [0.4, 0.5) is 0 Å². The molecule has 0 bridgehead atoms. The standard InChI is InChI=1S/C10H21N/c1-5-10(8-11-4)7-6-9(2)3/h5,9,11H,6-8H2,1-4H3/b10-5-. The van der Waals surface area contributed by atoms with E-state index in [-0.39, 0.29) is 0 Å². The molecule has 0 saturated heterocycles. The van der Waals surface area contributed by atoms with Gasteiger partial charge < -0.3 is 5.32 Å². The number of hydrogen-bond acceptors (Lipinski definition) is 1. The van der Waals surface area contributed by atoms with Gasteiger partial charge in [0.1, 0.15) is 0 Å². The summed E-state index contributed by atoms with van der Waals surface area (Å²) in [7, 11) is 2.00. The smallest absolute Gasteiger partial charge is 0.0161 e. The lowest BCUT2D eigenvalue weighted by atomic mass is 10.0. The summed E-state index contributed by atoms with van der Waals surface area (Å²) in [6.07, 6.45) is 4.77. The van der Waals surface area contributed by atoms with Gasteiger partial charge in [-0.1, -0.05) is 25.5 Å². The van der Waals surface area contributed by atoms with Gasteiger partial charge in [0.05, 0.1) is 0 Å². The first-order valence-electron chi connectivity index (χ1n) is 4.49. The molecule has 0 saturated carbocycles. The zero-order valence-electron chi connectivity index (χ0n) is 8.28. The van der Waals surface area contributed by atoms with Crippen LogP contribution in [-0.4, -0.2) is 13.6 Å². The van der Waals surface area contributed by atoms with Gasteiger partial charge in [0.25, 0.3) is 0 Å². The van der Waals surface area contributed by atoms with Crippen molar-refractivity contribution in [3.63, 3.8) is 0 Å². The Balaban J connectivity index is 3.53. The lowest BCUT2D eigenvalue weighted by Crippen LogP contribution is -2.10. The van der Waals surface area contributed by atoms with Gasteiger partial charge in [-0.05, 0) is 32.7 Å². The van der Waals surface area contributed by atoms with E-state index in [0.29, 0.717) is 0 Å². The summed E-state index contributed by atoms with van der Waals surface area (Å²) in [4.78, 5) is 0. The van der Waals surface area contributed by atoms with Crippen LogP contribution in [-0.2, 0) is 0 Å². The predicted octanol–water partition coefficient (Wildman–Crippen LogP) is 2.59. The molecule has 11 heavy (non-hydrogen) atoms. The maximum absolute atomic E-state index is 3.17. The third-order valence-electron chi connectivity index (χ3n) is 1.85. The zero-order valence-corrected chi connectivity index (χ0v) is 8.28. The third-order valence-corrected chi connectivity index (χ3v) is 1.85. The molecule has 0 atom stereocenters. The van der Waals surface area contributed by atoms with Crippen molar-refractivity contribution in [2.75, 3.05) is 13.6 Å². The Labute approximate surface area is 70.9 Å². The predicted molar refractivity (Wildman–Crippen MR) is 51.8 cm³/mol. The van der Waals surface area contributed by atoms with Crippen molar-refractivity contribution in [3.8, 4) is 0 Å². The van der Waals surface area contributed by atoms with Gasteiger partial charge in [-0.2, -0.15) is 0 Å². The molecule has 0 aliphatic heterocycles. The molecule has 1 nitrogen and oxygen atoms in total. The Morgan fingerprint density at radius 3 is 2.45 bits per heavy atom. The highest BCUT2D eigenvalue weighted by atomic mass is 14.8. The lowest BCUT2D eigenvalue weighted by molar-refractivity contribution is 0.577. The van der Waals surface area contributed by atoms with Gasteiger partial charge in [0.15, 0.2) is 0 Å². The summed E-state index contributed by atoms with van der Waals surface area (Å²) in [5.74, 6) is 0.821. The van der Waals surface area contributed by atoms with E-state index in [1.807, 2.05) is 7.05 Å². The molecule has 0 aromatic carbocycles. The van der Waals surface area contributed by atoms with E-state index in [9.17, 15) is 0 Å². The highest BCUT2D eigenvalue weighted by Crippen LogP contribution is 2.10. The van der Waals surface area contributed by atoms with Crippen molar-refractivity contribution in [1.82, 2.24) is 5.32 Å². The van der Waals surface area contributed by atoms with Crippen molar-refractivity contribution in [2.45, 2.75) is 33.6 Å².